The smallest absolute Gasteiger partial charge is 0.338 e. The Hall–Kier alpha value is -1.59. The van der Waals surface area contributed by atoms with Crippen LogP contribution in [0.4, 0.5) is 5.69 Å². The van der Waals surface area contributed by atoms with E-state index in [-0.39, 0.29) is 11.7 Å². The highest BCUT2D eigenvalue weighted by Gasteiger charge is 2.27. The highest BCUT2D eigenvalue weighted by atomic mass is 16.5. The van der Waals surface area contributed by atoms with Gasteiger partial charge in [-0.3, -0.25) is 4.90 Å². The molecule has 1 aliphatic rings. The molecule has 3 N–H and O–H groups in total. The number of anilines is 1. The highest BCUT2D eigenvalue weighted by molar-refractivity contribution is 5.95. The predicted molar refractivity (Wildman–Crippen MR) is 77.7 cm³/mol. The van der Waals surface area contributed by atoms with Gasteiger partial charge in [-0.15, -0.1) is 0 Å². The zero-order valence-corrected chi connectivity index (χ0v) is 12.0. The number of morpholine rings is 1. The summed E-state index contributed by atoms with van der Waals surface area (Å²) in [5.41, 5.74) is 7.11. The molecule has 0 amide bonds. The Morgan fingerprint density at radius 2 is 2.30 bits per heavy atom. The number of rotatable bonds is 4. The lowest BCUT2D eigenvalue weighted by molar-refractivity contribution is -0.0592. The lowest BCUT2D eigenvalue weighted by Gasteiger charge is -2.38. The van der Waals surface area contributed by atoms with Crippen molar-refractivity contribution < 1.29 is 14.6 Å². The monoisotopic (exact) mass is 278 g/mol. The van der Waals surface area contributed by atoms with E-state index in [4.69, 9.17) is 10.5 Å². The molecule has 110 valence electrons. The van der Waals surface area contributed by atoms with Crippen LogP contribution in [0, 0.1) is 0 Å². The number of ether oxygens (including phenoxy) is 1. The Kier molecular flexibility index (Phi) is 4.62. The molecular weight excluding hydrogens is 256 g/mol. The molecule has 0 saturated carbocycles. The maximum atomic E-state index is 11.4. The molecule has 2 atom stereocenters. The van der Waals surface area contributed by atoms with E-state index < -0.39 is 5.97 Å². The van der Waals surface area contributed by atoms with Gasteiger partial charge in [-0.25, -0.2) is 4.79 Å². The average Bonchev–Trinajstić information content (AvgIpc) is 2.38. The fraction of sp³-hybridized carbons (Fsp3) is 0.533. The van der Waals surface area contributed by atoms with Crippen molar-refractivity contribution in [2.45, 2.75) is 39.0 Å². The van der Waals surface area contributed by atoms with Crippen molar-refractivity contribution in [2.75, 3.05) is 18.9 Å². The molecule has 1 aliphatic heterocycles. The van der Waals surface area contributed by atoms with Gasteiger partial charge in [0.2, 0.25) is 0 Å². The second-order valence-corrected chi connectivity index (χ2v) is 5.32. The maximum Gasteiger partial charge on any atom is 0.338 e. The van der Waals surface area contributed by atoms with E-state index in [1.807, 2.05) is 19.1 Å². The summed E-state index contributed by atoms with van der Waals surface area (Å²) in [6.07, 6.45) is 1.16. The van der Waals surface area contributed by atoms with Gasteiger partial charge in [-0.05, 0) is 25.0 Å². The molecule has 0 spiro atoms. The number of hydrogen-bond acceptors (Lipinski definition) is 4. The minimum Gasteiger partial charge on any atom is -0.478 e. The summed E-state index contributed by atoms with van der Waals surface area (Å²) in [4.78, 5) is 13.7. The first kappa shape index (κ1) is 14.8. The maximum absolute atomic E-state index is 11.4. The van der Waals surface area contributed by atoms with Crippen LogP contribution >= 0.6 is 0 Å². The fourth-order valence-electron chi connectivity index (χ4n) is 2.71. The second-order valence-electron chi connectivity index (χ2n) is 5.32. The standard InChI is InChI=1S/C15H22N2O3/c1-3-12-9-20-10(2)7-17(12)8-11-5-4-6-13(16)14(11)15(18)19/h4-6,10,12H,3,7-9,16H2,1-2H3,(H,18,19). The van der Waals surface area contributed by atoms with Crippen molar-refractivity contribution in [3.63, 3.8) is 0 Å². The average molecular weight is 278 g/mol. The van der Waals surface area contributed by atoms with Crippen LogP contribution < -0.4 is 5.73 Å². The Balaban J connectivity index is 2.24. The molecule has 5 heteroatoms. The molecule has 1 fully saturated rings. The molecule has 1 aromatic carbocycles. The first-order valence-electron chi connectivity index (χ1n) is 6.99. The second kappa shape index (κ2) is 6.24. The predicted octanol–water partition coefficient (Wildman–Crippen LogP) is 1.97. The van der Waals surface area contributed by atoms with Crippen LogP contribution in [0.15, 0.2) is 18.2 Å². The van der Waals surface area contributed by atoms with Gasteiger partial charge in [0.05, 0.1) is 18.3 Å². The van der Waals surface area contributed by atoms with Crippen molar-refractivity contribution >= 4 is 11.7 Å². The number of nitrogens with zero attached hydrogens (tertiary/aromatic N) is 1. The highest BCUT2D eigenvalue weighted by Crippen LogP contribution is 2.22. The first-order chi connectivity index (χ1) is 9.52. The van der Waals surface area contributed by atoms with Crippen LogP contribution in [0.3, 0.4) is 0 Å². The van der Waals surface area contributed by atoms with Crippen molar-refractivity contribution in [1.29, 1.82) is 0 Å². The molecule has 1 heterocycles. The van der Waals surface area contributed by atoms with Gasteiger partial charge in [0.25, 0.3) is 0 Å². The first-order valence-corrected chi connectivity index (χ1v) is 6.99. The van der Waals surface area contributed by atoms with Crippen LogP contribution in [0.25, 0.3) is 0 Å². The van der Waals surface area contributed by atoms with Gasteiger partial charge in [-0.2, -0.15) is 0 Å². The quantitative estimate of drug-likeness (QED) is 0.823. The van der Waals surface area contributed by atoms with Crippen LogP contribution in [-0.4, -0.2) is 41.3 Å². The summed E-state index contributed by atoms with van der Waals surface area (Å²) in [6.45, 7) is 6.26. The lowest BCUT2D eigenvalue weighted by atomic mass is 10.0. The van der Waals surface area contributed by atoms with E-state index in [0.29, 0.717) is 24.9 Å². The van der Waals surface area contributed by atoms with Gasteiger partial charge in [0.1, 0.15) is 0 Å². The minimum absolute atomic E-state index is 0.173. The van der Waals surface area contributed by atoms with E-state index in [9.17, 15) is 9.90 Å². The normalized spacial score (nSPS) is 23.7. The van der Waals surface area contributed by atoms with Crippen LogP contribution in [0.1, 0.15) is 36.2 Å². The zero-order valence-electron chi connectivity index (χ0n) is 12.0. The molecule has 0 bridgehead atoms. The molecular formula is C15H22N2O3. The topological polar surface area (TPSA) is 75.8 Å². The number of carboxylic acid groups (broad SMARTS) is 1. The largest absolute Gasteiger partial charge is 0.478 e. The van der Waals surface area contributed by atoms with Gasteiger partial charge in [0, 0.05) is 24.8 Å². The molecule has 1 saturated heterocycles. The molecule has 2 rings (SSSR count). The zero-order chi connectivity index (χ0) is 14.7. The molecule has 0 aromatic heterocycles. The lowest BCUT2D eigenvalue weighted by Crippen LogP contribution is -2.48. The number of nitrogen functional groups attached to an aromatic ring is 1. The summed E-state index contributed by atoms with van der Waals surface area (Å²) in [6, 6.07) is 5.61. The van der Waals surface area contributed by atoms with Crippen molar-refractivity contribution in [3.8, 4) is 0 Å². The number of carbonyl (C=O) groups is 1. The van der Waals surface area contributed by atoms with Gasteiger partial charge in [-0.1, -0.05) is 19.1 Å². The third kappa shape index (κ3) is 3.11. The van der Waals surface area contributed by atoms with E-state index in [0.717, 1.165) is 18.5 Å². The molecule has 0 radical (unpaired) electrons. The molecule has 1 aromatic rings. The van der Waals surface area contributed by atoms with E-state index in [2.05, 4.69) is 11.8 Å². The Labute approximate surface area is 119 Å². The molecule has 0 aliphatic carbocycles. The van der Waals surface area contributed by atoms with Gasteiger partial charge >= 0.3 is 5.97 Å². The van der Waals surface area contributed by atoms with E-state index in [1.165, 1.54) is 0 Å². The van der Waals surface area contributed by atoms with Gasteiger partial charge in [0.15, 0.2) is 0 Å². The summed E-state index contributed by atoms with van der Waals surface area (Å²) in [5.74, 6) is -0.965. The van der Waals surface area contributed by atoms with Gasteiger partial charge < -0.3 is 15.6 Å². The number of carboxylic acids is 1. The van der Waals surface area contributed by atoms with Crippen molar-refractivity contribution in [1.82, 2.24) is 4.90 Å². The SMILES string of the molecule is CCC1COC(C)CN1Cc1cccc(N)c1C(=O)O. The van der Waals surface area contributed by atoms with Crippen molar-refractivity contribution in [3.05, 3.63) is 29.3 Å². The van der Waals surface area contributed by atoms with Crippen molar-refractivity contribution in [2.24, 2.45) is 0 Å². The van der Waals surface area contributed by atoms with E-state index >= 15 is 0 Å². The van der Waals surface area contributed by atoms with Crippen LogP contribution in [-0.2, 0) is 11.3 Å². The fourth-order valence-corrected chi connectivity index (χ4v) is 2.71. The van der Waals surface area contributed by atoms with E-state index in [1.54, 1.807) is 6.07 Å². The summed E-state index contributed by atoms with van der Waals surface area (Å²) < 4.78 is 5.67. The number of hydrogen-bond donors (Lipinski definition) is 2. The number of benzene rings is 1. The Bertz CT molecular complexity index is 490. The summed E-state index contributed by atoms with van der Waals surface area (Å²) in [7, 11) is 0. The third-order valence-corrected chi connectivity index (χ3v) is 3.82. The summed E-state index contributed by atoms with van der Waals surface area (Å²) >= 11 is 0. The Morgan fingerprint density at radius 1 is 1.55 bits per heavy atom. The molecule has 5 nitrogen and oxygen atoms in total. The number of aromatic carboxylic acids is 1. The third-order valence-electron chi connectivity index (χ3n) is 3.82. The van der Waals surface area contributed by atoms with Crippen LogP contribution in [0.2, 0.25) is 0 Å². The summed E-state index contributed by atoms with van der Waals surface area (Å²) in [5, 5.41) is 9.33. The molecule has 20 heavy (non-hydrogen) atoms. The minimum atomic E-state index is -0.965. The molecule has 2 unspecified atom stereocenters. The Morgan fingerprint density at radius 3 is 2.95 bits per heavy atom. The van der Waals surface area contributed by atoms with Crippen LogP contribution in [0.5, 0.6) is 0 Å². The number of nitrogens with two attached hydrogens (primary N) is 1.